The average Bonchev–Trinajstić information content (AvgIpc) is 3.16. The zero-order valence-corrected chi connectivity index (χ0v) is 18.6. The summed E-state index contributed by atoms with van der Waals surface area (Å²) in [6, 6.07) is 4.94. The molecule has 31 heavy (non-hydrogen) atoms. The van der Waals surface area contributed by atoms with Crippen LogP contribution >= 0.6 is 11.3 Å². The fraction of sp³-hybridized carbons (Fsp3) is 0.478. The molecule has 1 aliphatic heterocycles. The smallest absolute Gasteiger partial charge is 0.341 e. The molecule has 1 aromatic heterocycles. The quantitative estimate of drug-likeness (QED) is 0.257. The van der Waals surface area contributed by atoms with Crippen molar-refractivity contribution in [3.05, 3.63) is 49.9 Å². The predicted molar refractivity (Wildman–Crippen MR) is 123 cm³/mol. The number of hydrogen-bond donors (Lipinski definition) is 0. The van der Waals surface area contributed by atoms with E-state index in [9.17, 15) is 14.9 Å². The molecular weight excluding hydrogens is 414 g/mol. The highest BCUT2D eigenvalue weighted by Gasteiger charge is 2.26. The number of piperidine rings is 1. The molecule has 164 valence electrons. The van der Waals surface area contributed by atoms with E-state index < -0.39 is 0 Å². The van der Waals surface area contributed by atoms with Crippen molar-refractivity contribution in [3.8, 4) is 0 Å². The fourth-order valence-corrected chi connectivity index (χ4v) is 5.59. The molecule has 1 aromatic carbocycles. The summed E-state index contributed by atoms with van der Waals surface area (Å²) < 4.78 is 5.31. The fourth-order valence-electron chi connectivity index (χ4n) is 4.37. The Labute approximate surface area is 185 Å². The molecule has 0 atom stereocenters. The predicted octanol–water partition coefficient (Wildman–Crippen LogP) is 5.45. The van der Waals surface area contributed by atoms with Gasteiger partial charge in [0.1, 0.15) is 5.00 Å². The summed E-state index contributed by atoms with van der Waals surface area (Å²) >= 11 is 1.54. The molecule has 1 fully saturated rings. The third kappa shape index (κ3) is 4.63. The highest BCUT2D eigenvalue weighted by atomic mass is 32.1. The topological polar surface area (TPSA) is 85.0 Å². The van der Waals surface area contributed by atoms with Crippen molar-refractivity contribution < 1.29 is 14.5 Å². The average molecular weight is 442 g/mol. The lowest BCUT2D eigenvalue weighted by Gasteiger charge is -2.29. The summed E-state index contributed by atoms with van der Waals surface area (Å²) in [5.74, 6) is -0.329. The van der Waals surface area contributed by atoms with Crippen molar-refractivity contribution in [1.82, 2.24) is 0 Å². The summed E-state index contributed by atoms with van der Waals surface area (Å²) in [5, 5.41) is 12.0. The molecule has 2 heterocycles. The second kappa shape index (κ2) is 9.60. The SMILES string of the molecule is CCOC(=O)c1c(N=Cc2cc([N+](=O)[O-])ccc2N2CCCCC2)sc2c1CCCC2. The summed E-state index contributed by atoms with van der Waals surface area (Å²) in [7, 11) is 0. The minimum Gasteiger partial charge on any atom is -0.462 e. The number of hydrogen-bond acceptors (Lipinski definition) is 7. The summed E-state index contributed by atoms with van der Waals surface area (Å²) in [5.41, 5.74) is 3.34. The maximum Gasteiger partial charge on any atom is 0.341 e. The first kappa shape index (κ1) is 21.5. The third-order valence-corrected chi connectivity index (χ3v) is 7.07. The van der Waals surface area contributed by atoms with Crippen molar-refractivity contribution >= 4 is 39.9 Å². The number of ether oxygens (including phenoxy) is 1. The number of aryl methyl sites for hydroxylation is 1. The van der Waals surface area contributed by atoms with E-state index in [1.807, 2.05) is 6.07 Å². The standard InChI is InChI=1S/C23H27N3O4S/c1-2-30-23(27)21-18-8-4-5-9-20(18)31-22(21)24-15-16-14-17(26(28)29)10-11-19(16)25-12-6-3-7-13-25/h10-11,14-15H,2-9,12-13H2,1H3. The number of thiophene rings is 1. The number of fused-ring (bicyclic) bond motifs is 1. The maximum absolute atomic E-state index is 12.7. The first-order valence-corrected chi connectivity index (χ1v) is 11.8. The molecule has 7 nitrogen and oxygen atoms in total. The van der Waals surface area contributed by atoms with E-state index in [1.54, 1.807) is 36.6 Å². The summed E-state index contributed by atoms with van der Waals surface area (Å²) in [6.45, 7) is 3.98. The lowest BCUT2D eigenvalue weighted by Crippen LogP contribution is -2.30. The Balaban J connectivity index is 1.74. The number of rotatable bonds is 6. The Morgan fingerprint density at radius 3 is 2.74 bits per heavy atom. The molecule has 0 amide bonds. The van der Waals surface area contributed by atoms with Crippen LogP contribution in [0.25, 0.3) is 0 Å². The monoisotopic (exact) mass is 441 g/mol. The number of carbonyl (C=O) groups excluding carboxylic acids is 1. The number of aliphatic imine (C=N–C) groups is 1. The van der Waals surface area contributed by atoms with Gasteiger partial charge in [-0.05, 0) is 63.5 Å². The molecule has 1 saturated heterocycles. The molecule has 4 rings (SSSR count). The van der Waals surface area contributed by atoms with E-state index >= 15 is 0 Å². The highest BCUT2D eigenvalue weighted by Crippen LogP contribution is 2.40. The molecular formula is C23H27N3O4S. The van der Waals surface area contributed by atoms with Crippen LogP contribution in [0.15, 0.2) is 23.2 Å². The number of anilines is 1. The van der Waals surface area contributed by atoms with Gasteiger partial charge in [-0.1, -0.05) is 0 Å². The zero-order chi connectivity index (χ0) is 21.8. The van der Waals surface area contributed by atoms with Gasteiger partial charge in [0.25, 0.3) is 5.69 Å². The molecule has 0 bridgehead atoms. The first-order chi connectivity index (χ1) is 15.1. The Hall–Kier alpha value is -2.74. The van der Waals surface area contributed by atoms with Crippen LogP contribution in [-0.2, 0) is 17.6 Å². The molecule has 2 aromatic rings. The molecule has 8 heteroatoms. The van der Waals surface area contributed by atoms with Gasteiger partial charge in [-0.15, -0.1) is 11.3 Å². The number of nitro benzene ring substituents is 1. The summed E-state index contributed by atoms with van der Waals surface area (Å²) in [4.78, 5) is 31.8. The van der Waals surface area contributed by atoms with Crippen molar-refractivity contribution in [1.29, 1.82) is 0 Å². The number of esters is 1. The lowest BCUT2D eigenvalue weighted by atomic mass is 9.95. The van der Waals surface area contributed by atoms with E-state index in [1.165, 1.54) is 11.3 Å². The van der Waals surface area contributed by atoms with Crippen LogP contribution in [0.4, 0.5) is 16.4 Å². The van der Waals surface area contributed by atoms with Gasteiger partial charge in [-0.3, -0.25) is 10.1 Å². The van der Waals surface area contributed by atoms with E-state index in [0.717, 1.165) is 62.9 Å². The van der Waals surface area contributed by atoms with Crippen molar-refractivity contribution in [2.24, 2.45) is 4.99 Å². The van der Waals surface area contributed by atoms with Gasteiger partial charge in [-0.25, -0.2) is 9.79 Å². The van der Waals surface area contributed by atoms with Gasteiger partial charge in [-0.2, -0.15) is 0 Å². The van der Waals surface area contributed by atoms with Crippen LogP contribution in [0.5, 0.6) is 0 Å². The Bertz CT molecular complexity index is 1010. The van der Waals surface area contributed by atoms with Crippen molar-refractivity contribution in [2.45, 2.75) is 51.9 Å². The second-order valence-electron chi connectivity index (χ2n) is 7.92. The highest BCUT2D eigenvalue weighted by molar-refractivity contribution is 7.16. The first-order valence-electron chi connectivity index (χ1n) is 11.0. The van der Waals surface area contributed by atoms with E-state index in [-0.39, 0.29) is 16.6 Å². The van der Waals surface area contributed by atoms with Crippen LogP contribution in [0, 0.1) is 10.1 Å². The van der Waals surface area contributed by atoms with Gasteiger partial charge >= 0.3 is 5.97 Å². The number of nitro groups is 1. The van der Waals surface area contributed by atoms with Gasteiger partial charge in [0, 0.05) is 47.6 Å². The van der Waals surface area contributed by atoms with Crippen LogP contribution in [0.2, 0.25) is 0 Å². The Morgan fingerprint density at radius 2 is 2.00 bits per heavy atom. The zero-order valence-electron chi connectivity index (χ0n) is 17.8. The van der Waals surface area contributed by atoms with Gasteiger partial charge in [0.05, 0.1) is 17.1 Å². The molecule has 0 spiro atoms. The largest absolute Gasteiger partial charge is 0.462 e. The van der Waals surface area contributed by atoms with Crippen LogP contribution in [-0.4, -0.2) is 36.8 Å². The molecule has 2 aliphatic rings. The van der Waals surface area contributed by atoms with E-state index in [2.05, 4.69) is 9.89 Å². The normalized spacial score (nSPS) is 16.4. The van der Waals surface area contributed by atoms with E-state index in [0.29, 0.717) is 22.7 Å². The van der Waals surface area contributed by atoms with Gasteiger partial charge < -0.3 is 9.64 Å². The number of non-ortho nitro benzene ring substituents is 1. The van der Waals surface area contributed by atoms with Crippen LogP contribution < -0.4 is 4.90 Å². The minimum atomic E-state index is -0.384. The maximum atomic E-state index is 12.7. The van der Waals surface area contributed by atoms with Gasteiger partial charge in [0.2, 0.25) is 0 Å². The molecule has 0 saturated carbocycles. The summed E-state index contributed by atoms with van der Waals surface area (Å²) in [6.07, 6.45) is 9.10. The van der Waals surface area contributed by atoms with Crippen molar-refractivity contribution in [3.63, 3.8) is 0 Å². The van der Waals surface area contributed by atoms with E-state index in [4.69, 9.17) is 4.74 Å². The lowest BCUT2D eigenvalue weighted by molar-refractivity contribution is -0.384. The van der Waals surface area contributed by atoms with Crippen molar-refractivity contribution in [2.75, 3.05) is 24.6 Å². The molecule has 0 N–H and O–H groups in total. The van der Waals surface area contributed by atoms with Gasteiger partial charge in [0.15, 0.2) is 0 Å². The third-order valence-electron chi connectivity index (χ3n) is 5.87. The Kier molecular flexibility index (Phi) is 6.65. The van der Waals surface area contributed by atoms with Crippen LogP contribution in [0.1, 0.15) is 65.4 Å². The molecule has 1 aliphatic carbocycles. The molecule has 0 unspecified atom stereocenters. The second-order valence-corrected chi connectivity index (χ2v) is 9.00. The minimum absolute atomic E-state index is 0.0401. The number of carbonyl (C=O) groups is 1. The van der Waals surface area contributed by atoms with Crippen LogP contribution in [0.3, 0.4) is 0 Å². The molecule has 0 radical (unpaired) electrons. The number of nitrogens with zero attached hydrogens (tertiary/aromatic N) is 3. The number of benzene rings is 1. The Morgan fingerprint density at radius 1 is 1.23 bits per heavy atom.